The fraction of sp³-hybridized carbons (Fsp3) is 0.304. The first-order chi connectivity index (χ1) is 14.0. The van der Waals surface area contributed by atoms with Crippen LogP contribution in [0.5, 0.6) is 0 Å². The van der Waals surface area contributed by atoms with Gasteiger partial charge in [-0.15, -0.1) is 11.3 Å². The van der Waals surface area contributed by atoms with Crippen LogP contribution in [0.1, 0.15) is 30.4 Å². The van der Waals surface area contributed by atoms with Gasteiger partial charge in [-0.25, -0.2) is 0 Å². The Kier molecular flexibility index (Phi) is 6.67. The lowest BCUT2D eigenvalue weighted by atomic mass is 9.75. The molecule has 3 rings (SSSR count). The summed E-state index contributed by atoms with van der Waals surface area (Å²) in [5, 5.41) is 14.9. The van der Waals surface area contributed by atoms with Crippen LogP contribution in [0.2, 0.25) is 0 Å². The van der Waals surface area contributed by atoms with E-state index in [1.54, 1.807) is 31.4 Å². The highest BCUT2D eigenvalue weighted by Crippen LogP contribution is 2.42. The fourth-order valence-corrected chi connectivity index (χ4v) is 4.31. The predicted molar refractivity (Wildman–Crippen MR) is 113 cm³/mol. The minimum Gasteiger partial charge on any atom is -0.465 e. The molecule has 0 aliphatic rings. The summed E-state index contributed by atoms with van der Waals surface area (Å²) in [6.07, 6.45) is -1.43. The second kappa shape index (κ2) is 9.20. The molecule has 3 aromatic rings. The molecule has 5 nitrogen and oxygen atoms in total. The van der Waals surface area contributed by atoms with E-state index in [0.717, 1.165) is 16.3 Å². The Balaban J connectivity index is 2.19. The van der Waals surface area contributed by atoms with E-state index in [4.69, 9.17) is 9.47 Å². The molecule has 29 heavy (non-hydrogen) atoms. The number of ether oxygens (including phenoxy) is 2. The van der Waals surface area contributed by atoms with Crippen LogP contribution in [0.3, 0.4) is 0 Å². The molecule has 0 radical (unpaired) electrons. The number of rotatable bonds is 8. The third-order valence-corrected chi connectivity index (χ3v) is 5.83. The van der Waals surface area contributed by atoms with Crippen molar-refractivity contribution in [3.05, 3.63) is 70.4 Å². The monoisotopic (exact) mass is 412 g/mol. The molecule has 0 bridgehead atoms. The molecule has 0 fully saturated rings. The van der Waals surface area contributed by atoms with Gasteiger partial charge >= 0.3 is 11.9 Å². The Hall–Kier alpha value is -2.70. The summed E-state index contributed by atoms with van der Waals surface area (Å²) >= 11 is 1.28. The Labute approximate surface area is 173 Å². The zero-order valence-electron chi connectivity index (χ0n) is 16.5. The second-order valence-corrected chi connectivity index (χ2v) is 7.62. The van der Waals surface area contributed by atoms with Gasteiger partial charge in [0, 0.05) is 11.3 Å². The van der Waals surface area contributed by atoms with E-state index in [2.05, 4.69) is 0 Å². The standard InChI is InChI=1S/C23H24O5S/c1-3-27-21(25)23(22(26)28-4-2,20(24)19-13-8-14-29-19)15-17-11-7-10-16-9-5-6-12-18(16)17/h5-14,20,24H,3-4,15H2,1-2H3. The third kappa shape index (κ3) is 4.04. The number of carbonyl (C=O) groups excluding carboxylic acids is 2. The highest BCUT2D eigenvalue weighted by molar-refractivity contribution is 7.10. The van der Waals surface area contributed by atoms with E-state index in [0.29, 0.717) is 4.88 Å². The number of esters is 2. The van der Waals surface area contributed by atoms with Crippen LogP contribution in [0.4, 0.5) is 0 Å². The molecule has 0 spiro atoms. The average molecular weight is 413 g/mol. The maximum atomic E-state index is 13.2. The lowest BCUT2D eigenvalue weighted by molar-refractivity contribution is -0.181. The summed E-state index contributed by atoms with van der Waals surface area (Å²) in [6.45, 7) is 3.52. The third-order valence-electron chi connectivity index (χ3n) is 4.91. The maximum Gasteiger partial charge on any atom is 0.326 e. The number of hydrogen-bond acceptors (Lipinski definition) is 6. The first-order valence-corrected chi connectivity index (χ1v) is 10.4. The summed E-state index contributed by atoms with van der Waals surface area (Å²) in [5.41, 5.74) is -1.14. The van der Waals surface area contributed by atoms with Gasteiger partial charge in [0.2, 0.25) is 0 Å². The van der Waals surface area contributed by atoms with Crippen molar-refractivity contribution in [1.82, 2.24) is 0 Å². The van der Waals surface area contributed by atoms with Gasteiger partial charge in [-0.1, -0.05) is 48.5 Å². The van der Waals surface area contributed by atoms with Crippen LogP contribution in [-0.4, -0.2) is 30.3 Å². The van der Waals surface area contributed by atoms with Crippen LogP contribution in [-0.2, 0) is 25.5 Å². The first-order valence-electron chi connectivity index (χ1n) is 9.57. The second-order valence-electron chi connectivity index (χ2n) is 6.65. The number of aliphatic hydroxyl groups is 1. The van der Waals surface area contributed by atoms with Gasteiger partial charge in [-0.3, -0.25) is 9.59 Å². The Bertz CT molecular complexity index is 957. The number of aliphatic hydroxyl groups excluding tert-OH is 1. The molecule has 1 unspecified atom stereocenters. The quantitative estimate of drug-likeness (QED) is 0.441. The van der Waals surface area contributed by atoms with Crippen molar-refractivity contribution in [2.75, 3.05) is 13.2 Å². The van der Waals surface area contributed by atoms with Crippen molar-refractivity contribution < 1.29 is 24.2 Å². The topological polar surface area (TPSA) is 72.8 Å². The van der Waals surface area contributed by atoms with Gasteiger partial charge in [0.15, 0.2) is 5.41 Å². The maximum absolute atomic E-state index is 13.2. The first kappa shape index (κ1) is 21.0. The molecule has 2 aromatic carbocycles. The summed E-state index contributed by atoms with van der Waals surface area (Å²) in [7, 11) is 0. The normalized spacial score (nSPS) is 12.5. The summed E-state index contributed by atoms with van der Waals surface area (Å²) in [4.78, 5) is 26.9. The van der Waals surface area contributed by atoms with Crippen molar-refractivity contribution in [2.24, 2.45) is 5.41 Å². The molecule has 1 atom stereocenters. The fourth-order valence-electron chi connectivity index (χ4n) is 3.50. The zero-order valence-corrected chi connectivity index (χ0v) is 17.3. The summed E-state index contributed by atoms with van der Waals surface area (Å²) in [6, 6.07) is 16.9. The molecule has 0 aliphatic carbocycles. The lowest BCUT2D eigenvalue weighted by Crippen LogP contribution is -2.48. The van der Waals surface area contributed by atoms with E-state index in [1.807, 2.05) is 42.5 Å². The van der Waals surface area contributed by atoms with Crippen LogP contribution < -0.4 is 0 Å². The van der Waals surface area contributed by atoms with Gasteiger partial charge < -0.3 is 14.6 Å². The van der Waals surface area contributed by atoms with Crippen molar-refractivity contribution in [1.29, 1.82) is 0 Å². The zero-order chi connectivity index (χ0) is 20.9. The van der Waals surface area contributed by atoms with E-state index in [9.17, 15) is 14.7 Å². The number of fused-ring (bicyclic) bond motifs is 1. The number of benzene rings is 2. The number of hydrogen-bond donors (Lipinski definition) is 1. The molecule has 1 aromatic heterocycles. The van der Waals surface area contributed by atoms with Crippen molar-refractivity contribution >= 4 is 34.0 Å². The molecule has 6 heteroatoms. The molecule has 0 amide bonds. The molecular formula is C23H24O5S. The smallest absolute Gasteiger partial charge is 0.326 e. The van der Waals surface area contributed by atoms with E-state index < -0.39 is 23.5 Å². The minimum atomic E-state index is -1.90. The molecule has 0 saturated heterocycles. The lowest BCUT2D eigenvalue weighted by Gasteiger charge is -2.33. The number of thiophene rings is 1. The van der Waals surface area contributed by atoms with Crippen LogP contribution in [0.25, 0.3) is 10.8 Å². The molecule has 152 valence electrons. The van der Waals surface area contributed by atoms with Crippen molar-refractivity contribution in [3.63, 3.8) is 0 Å². The molecule has 1 heterocycles. The van der Waals surface area contributed by atoms with Gasteiger partial charge in [0.05, 0.1) is 13.2 Å². The van der Waals surface area contributed by atoms with Gasteiger partial charge in [-0.05, 0) is 41.6 Å². The predicted octanol–water partition coefficient (Wildman–Crippen LogP) is 4.29. The average Bonchev–Trinajstić information content (AvgIpc) is 3.26. The van der Waals surface area contributed by atoms with Crippen LogP contribution >= 0.6 is 11.3 Å². The van der Waals surface area contributed by atoms with Gasteiger partial charge in [-0.2, -0.15) is 0 Å². The van der Waals surface area contributed by atoms with Gasteiger partial charge in [0.25, 0.3) is 0 Å². The molecule has 0 aliphatic heterocycles. The summed E-state index contributed by atoms with van der Waals surface area (Å²) in [5.74, 6) is -1.57. The summed E-state index contributed by atoms with van der Waals surface area (Å²) < 4.78 is 10.6. The van der Waals surface area contributed by atoms with Crippen molar-refractivity contribution in [3.8, 4) is 0 Å². The SMILES string of the molecule is CCOC(=O)C(Cc1cccc2ccccc12)(C(=O)OCC)C(O)c1cccs1. The molecule has 1 N–H and O–H groups in total. The molecular weight excluding hydrogens is 388 g/mol. The Morgan fingerprint density at radius 3 is 2.24 bits per heavy atom. The Morgan fingerprint density at radius 2 is 1.62 bits per heavy atom. The van der Waals surface area contributed by atoms with E-state index in [1.165, 1.54) is 11.3 Å². The van der Waals surface area contributed by atoms with Crippen molar-refractivity contribution in [2.45, 2.75) is 26.4 Å². The molecule has 0 saturated carbocycles. The number of carbonyl (C=O) groups is 2. The van der Waals surface area contributed by atoms with Crippen LogP contribution in [0, 0.1) is 5.41 Å². The highest BCUT2D eigenvalue weighted by Gasteiger charge is 2.56. The Morgan fingerprint density at radius 1 is 0.966 bits per heavy atom. The highest BCUT2D eigenvalue weighted by atomic mass is 32.1. The van der Waals surface area contributed by atoms with Crippen LogP contribution in [0.15, 0.2) is 60.0 Å². The largest absolute Gasteiger partial charge is 0.465 e. The van der Waals surface area contributed by atoms with E-state index in [-0.39, 0.29) is 19.6 Å². The van der Waals surface area contributed by atoms with Gasteiger partial charge in [0.1, 0.15) is 6.10 Å². The van der Waals surface area contributed by atoms with E-state index >= 15 is 0 Å². The minimum absolute atomic E-state index is 0.0366.